The van der Waals surface area contributed by atoms with Crippen LogP contribution < -0.4 is 5.32 Å². The quantitative estimate of drug-likeness (QED) is 0.795. The molecule has 6 heteroatoms. The number of rotatable bonds is 2. The lowest BCUT2D eigenvalue weighted by atomic mass is 10.1. The van der Waals surface area contributed by atoms with Gasteiger partial charge in [-0.2, -0.15) is 13.2 Å². The largest absolute Gasteiger partial charge is 0.416 e. The van der Waals surface area contributed by atoms with Crippen molar-refractivity contribution in [3.8, 4) is 0 Å². The van der Waals surface area contributed by atoms with E-state index < -0.39 is 17.6 Å². The van der Waals surface area contributed by atoms with Crippen LogP contribution in [0, 0.1) is 5.82 Å². The maximum Gasteiger partial charge on any atom is 0.416 e. The predicted octanol–water partition coefficient (Wildman–Crippen LogP) is 2.66. The highest BCUT2D eigenvalue weighted by Crippen LogP contribution is 2.32. The summed E-state index contributed by atoms with van der Waals surface area (Å²) in [5.74, 6) is -0.695. The molecule has 1 aromatic carbocycles. The average Bonchev–Trinajstić information content (AvgIpc) is 2.11. The lowest BCUT2D eigenvalue weighted by Gasteiger charge is -2.28. The van der Waals surface area contributed by atoms with Crippen LogP contribution in [-0.2, 0) is 10.9 Å². The normalized spacial score (nSPS) is 17.0. The molecule has 1 aliphatic heterocycles. The zero-order valence-corrected chi connectivity index (χ0v) is 8.14. The fourth-order valence-electron chi connectivity index (χ4n) is 1.35. The van der Waals surface area contributed by atoms with Gasteiger partial charge in [0.1, 0.15) is 5.82 Å². The van der Waals surface area contributed by atoms with E-state index in [1.54, 1.807) is 0 Å². The van der Waals surface area contributed by atoms with Crippen molar-refractivity contribution in [2.75, 3.05) is 18.5 Å². The molecule has 0 atom stereocenters. The third-order valence-corrected chi connectivity index (χ3v) is 2.29. The number of nitrogens with one attached hydrogen (secondary N) is 1. The van der Waals surface area contributed by atoms with Gasteiger partial charge in [0.05, 0.1) is 30.5 Å². The van der Waals surface area contributed by atoms with Crippen LogP contribution in [0.2, 0.25) is 0 Å². The third-order valence-electron chi connectivity index (χ3n) is 2.29. The molecule has 1 heterocycles. The van der Waals surface area contributed by atoms with Gasteiger partial charge in [0.15, 0.2) is 0 Å². The Balaban J connectivity index is 2.21. The SMILES string of the molecule is Fc1ccc(C(F)(F)F)cc1NC1COC1. The van der Waals surface area contributed by atoms with Crippen molar-refractivity contribution in [3.05, 3.63) is 29.6 Å². The summed E-state index contributed by atoms with van der Waals surface area (Å²) in [6.07, 6.45) is -4.46. The number of hydrogen-bond donors (Lipinski definition) is 1. The van der Waals surface area contributed by atoms with E-state index >= 15 is 0 Å². The number of ether oxygens (including phenoxy) is 1. The van der Waals surface area contributed by atoms with Gasteiger partial charge in [0.2, 0.25) is 0 Å². The van der Waals surface area contributed by atoms with Gasteiger partial charge in [-0.3, -0.25) is 0 Å². The van der Waals surface area contributed by atoms with E-state index in [0.29, 0.717) is 13.2 Å². The molecular weight excluding hydrogens is 226 g/mol. The number of benzene rings is 1. The van der Waals surface area contributed by atoms with Gasteiger partial charge >= 0.3 is 6.18 Å². The van der Waals surface area contributed by atoms with Crippen molar-refractivity contribution in [1.82, 2.24) is 0 Å². The molecule has 0 bridgehead atoms. The minimum atomic E-state index is -4.46. The molecule has 0 radical (unpaired) electrons. The first-order chi connectivity index (χ1) is 7.47. The summed E-state index contributed by atoms with van der Waals surface area (Å²) in [4.78, 5) is 0. The lowest BCUT2D eigenvalue weighted by molar-refractivity contribution is -0.137. The summed E-state index contributed by atoms with van der Waals surface area (Å²) in [6, 6.07) is 2.19. The highest BCUT2D eigenvalue weighted by Gasteiger charge is 2.31. The van der Waals surface area contributed by atoms with Gasteiger partial charge in [0, 0.05) is 0 Å². The molecule has 1 aliphatic rings. The Morgan fingerprint density at radius 1 is 1.25 bits per heavy atom. The number of alkyl halides is 3. The Morgan fingerprint density at radius 2 is 1.94 bits per heavy atom. The lowest BCUT2D eigenvalue weighted by Crippen LogP contribution is -2.40. The third kappa shape index (κ3) is 2.27. The van der Waals surface area contributed by atoms with Crippen molar-refractivity contribution in [2.45, 2.75) is 12.2 Å². The van der Waals surface area contributed by atoms with Crippen molar-refractivity contribution in [3.63, 3.8) is 0 Å². The van der Waals surface area contributed by atoms with Crippen LogP contribution >= 0.6 is 0 Å². The van der Waals surface area contributed by atoms with Gasteiger partial charge in [-0.1, -0.05) is 0 Å². The van der Waals surface area contributed by atoms with E-state index in [1.807, 2.05) is 0 Å². The molecule has 1 aromatic rings. The van der Waals surface area contributed by atoms with Crippen LogP contribution in [0.15, 0.2) is 18.2 Å². The fraction of sp³-hybridized carbons (Fsp3) is 0.400. The summed E-state index contributed by atoms with van der Waals surface area (Å²) >= 11 is 0. The zero-order valence-electron chi connectivity index (χ0n) is 8.14. The van der Waals surface area contributed by atoms with Crippen molar-refractivity contribution in [1.29, 1.82) is 0 Å². The molecule has 88 valence electrons. The van der Waals surface area contributed by atoms with E-state index in [-0.39, 0.29) is 11.7 Å². The minimum Gasteiger partial charge on any atom is -0.377 e. The molecule has 1 N–H and O–H groups in total. The van der Waals surface area contributed by atoms with E-state index in [1.165, 1.54) is 0 Å². The average molecular weight is 235 g/mol. The zero-order chi connectivity index (χ0) is 11.8. The predicted molar refractivity (Wildman–Crippen MR) is 49.6 cm³/mol. The van der Waals surface area contributed by atoms with E-state index in [2.05, 4.69) is 5.32 Å². The molecule has 0 aliphatic carbocycles. The van der Waals surface area contributed by atoms with Gasteiger partial charge in [0.25, 0.3) is 0 Å². The molecule has 0 saturated carbocycles. The molecule has 0 spiro atoms. The van der Waals surface area contributed by atoms with Crippen molar-refractivity contribution in [2.24, 2.45) is 0 Å². The maximum atomic E-state index is 13.2. The van der Waals surface area contributed by atoms with Gasteiger partial charge in [-0.25, -0.2) is 4.39 Å². The van der Waals surface area contributed by atoms with Gasteiger partial charge < -0.3 is 10.1 Å². The molecule has 0 aromatic heterocycles. The first-order valence-corrected chi connectivity index (χ1v) is 4.68. The Labute approximate surface area is 89.2 Å². The first kappa shape index (κ1) is 11.2. The van der Waals surface area contributed by atoms with Crippen LogP contribution in [-0.4, -0.2) is 19.3 Å². The fourth-order valence-corrected chi connectivity index (χ4v) is 1.35. The second-order valence-electron chi connectivity index (χ2n) is 3.57. The molecule has 16 heavy (non-hydrogen) atoms. The summed E-state index contributed by atoms with van der Waals surface area (Å²) in [5.41, 5.74) is -1.00. The van der Waals surface area contributed by atoms with Crippen molar-refractivity contribution < 1.29 is 22.3 Å². The molecule has 2 rings (SSSR count). The number of halogens is 4. The first-order valence-electron chi connectivity index (χ1n) is 4.68. The smallest absolute Gasteiger partial charge is 0.377 e. The van der Waals surface area contributed by atoms with Gasteiger partial charge in [-0.15, -0.1) is 0 Å². The minimum absolute atomic E-state index is 0.113. The molecule has 0 unspecified atom stereocenters. The summed E-state index contributed by atoms with van der Waals surface area (Å²) in [6.45, 7) is 0.769. The molecule has 1 fully saturated rings. The topological polar surface area (TPSA) is 21.3 Å². The number of hydrogen-bond acceptors (Lipinski definition) is 2. The number of anilines is 1. The monoisotopic (exact) mass is 235 g/mol. The van der Waals surface area contributed by atoms with Crippen LogP contribution in [0.25, 0.3) is 0 Å². The maximum absolute atomic E-state index is 13.2. The van der Waals surface area contributed by atoms with Gasteiger partial charge in [-0.05, 0) is 18.2 Å². The Morgan fingerprint density at radius 3 is 2.44 bits per heavy atom. The Hall–Kier alpha value is -1.30. The van der Waals surface area contributed by atoms with Crippen LogP contribution in [0.4, 0.5) is 23.2 Å². The van der Waals surface area contributed by atoms with Crippen molar-refractivity contribution >= 4 is 5.69 Å². The molecular formula is C10H9F4NO. The second kappa shape index (κ2) is 3.93. The highest BCUT2D eigenvalue weighted by molar-refractivity contribution is 5.49. The Bertz CT molecular complexity index is 387. The highest BCUT2D eigenvalue weighted by atomic mass is 19.4. The van der Waals surface area contributed by atoms with E-state index in [4.69, 9.17) is 4.74 Å². The summed E-state index contributed by atoms with van der Waals surface area (Å²) in [7, 11) is 0. The summed E-state index contributed by atoms with van der Waals surface area (Å²) in [5, 5.41) is 2.66. The summed E-state index contributed by atoms with van der Waals surface area (Å²) < 4.78 is 55.1. The Kier molecular flexibility index (Phi) is 2.75. The second-order valence-corrected chi connectivity index (χ2v) is 3.57. The van der Waals surface area contributed by atoms with Crippen LogP contribution in [0.3, 0.4) is 0 Å². The van der Waals surface area contributed by atoms with Crippen LogP contribution in [0.5, 0.6) is 0 Å². The van der Waals surface area contributed by atoms with Crippen LogP contribution in [0.1, 0.15) is 5.56 Å². The standard InChI is InChI=1S/C10H9F4NO/c11-8-2-1-6(10(12,13)14)3-9(8)15-7-4-16-5-7/h1-3,7,15H,4-5H2. The molecule has 2 nitrogen and oxygen atoms in total. The van der Waals surface area contributed by atoms with E-state index in [0.717, 1.165) is 18.2 Å². The molecule has 1 saturated heterocycles. The molecule has 0 amide bonds. The van der Waals surface area contributed by atoms with E-state index in [9.17, 15) is 17.6 Å².